The van der Waals surface area contributed by atoms with Crippen LogP contribution in [0.15, 0.2) is 30.3 Å². The van der Waals surface area contributed by atoms with E-state index in [1.54, 1.807) is 0 Å². The van der Waals surface area contributed by atoms with Crippen molar-refractivity contribution in [2.24, 2.45) is 0 Å². The summed E-state index contributed by atoms with van der Waals surface area (Å²) in [5.41, 5.74) is -5.86. The molecule has 0 fully saturated rings. The maximum absolute atomic E-state index is 13.3. The highest BCUT2D eigenvalue weighted by molar-refractivity contribution is 6.33. The highest BCUT2D eigenvalue weighted by Crippen LogP contribution is 2.44. The number of hydrogen-bond acceptors (Lipinski definition) is 7. The lowest BCUT2D eigenvalue weighted by atomic mass is 10.1. The predicted molar refractivity (Wildman–Crippen MR) is 86.1 cm³/mol. The number of halogens is 4. The average Bonchev–Trinajstić information content (AvgIpc) is 2.54. The molecule has 0 spiro atoms. The van der Waals surface area contributed by atoms with Crippen molar-refractivity contribution in [2.75, 3.05) is 5.32 Å². The first-order valence-electron chi connectivity index (χ1n) is 6.66. The van der Waals surface area contributed by atoms with Gasteiger partial charge in [-0.1, -0.05) is 11.6 Å². The van der Waals surface area contributed by atoms with Crippen LogP contribution in [0.2, 0.25) is 5.02 Å². The van der Waals surface area contributed by atoms with Crippen molar-refractivity contribution in [3.8, 4) is 0 Å². The Morgan fingerprint density at radius 3 is 1.93 bits per heavy atom. The van der Waals surface area contributed by atoms with Gasteiger partial charge in [0.05, 0.1) is 37.1 Å². The molecule has 0 aromatic heterocycles. The summed E-state index contributed by atoms with van der Waals surface area (Å²) in [6.45, 7) is 0. The van der Waals surface area contributed by atoms with E-state index < -0.39 is 49.3 Å². The fourth-order valence-electron chi connectivity index (χ4n) is 2.07. The van der Waals surface area contributed by atoms with Gasteiger partial charge in [-0.05, 0) is 6.07 Å². The van der Waals surface area contributed by atoms with E-state index in [0.717, 1.165) is 18.2 Å². The van der Waals surface area contributed by atoms with Crippen LogP contribution < -0.4 is 5.32 Å². The van der Waals surface area contributed by atoms with Gasteiger partial charge in [-0.3, -0.25) is 30.3 Å². The second kappa shape index (κ2) is 7.03. The number of hydrogen-bond donors (Lipinski definition) is 1. The zero-order valence-corrected chi connectivity index (χ0v) is 13.4. The first kappa shape index (κ1) is 19.8. The number of nitrogens with zero attached hydrogens (tertiary/aromatic N) is 3. The lowest BCUT2D eigenvalue weighted by Gasteiger charge is -2.15. The van der Waals surface area contributed by atoms with Crippen LogP contribution >= 0.6 is 11.6 Å². The van der Waals surface area contributed by atoms with Crippen molar-refractivity contribution in [3.63, 3.8) is 0 Å². The molecule has 0 heterocycles. The summed E-state index contributed by atoms with van der Waals surface area (Å²) in [4.78, 5) is 29.4. The van der Waals surface area contributed by atoms with Gasteiger partial charge in [0.15, 0.2) is 0 Å². The van der Waals surface area contributed by atoms with Crippen molar-refractivity contribution in [3.05, 3.63) is 71.3 Å². The average molecular weight is 407 g/mol. The lowest BCUT2D eigenvalue weighted by molar-refractivity contribution is -0.394. The predicted octanol–water partition coefficient (Wildman–Crippen LogP) is 4.83. The molecule has 27 heavy (non-hydrogen) atoms. The summed E-state index contributed by atoms with van der Waals surface area (Å²) in [5, 5.41) is 34.3. The van der Waals surface area contributed by atoms with Crippen LogP contribution in [0.4, 0.5) is 41.6 Å². The smallest absolute Gasteiger partial charge is 0.348 e. The minimum atomic E-state index is -5.17. The van der Waals surface area contributed by atoms with E-state index in [-0.39, 0.29) is 16.8 Å². The summed E-state index contributed by atoms with van der Waals surface area (Å²) in [7, 11) is 0. The quantitative estimate of drug-likeness (QED) is 0.553. The Kier molecular flexibility index (Phi) is 5.16. The molecule has 0 saturated heterocycles. The fraction of sp³-hybridized carbons (Fsp3) is 0.0769. The first-order valence-corrected chi connectivity index (χ1v) is 7.04. The van der Waals surface area contributed by atoms with Crippen LogP contribution in [0.1, 0.15) is 5.56 Å². The van der Waals surface area contributed by atoms with Crippen LogP contribution in [-0.2, 0) is 6.18 Å². The van der Waals surface area contributed by atoms with E-state index in [1.807, 2.05) is 0 Å². The molecule has 0 unspecified atom stereocenters. The summed E-state index contributed by atoms with van der Waals surface area (Å²) in [6, 6.07) is 3.18. The molecule has 0 saturated carbocycles. The Hall–Kier alpha value is -3.48. The maximum atomic E-state index is 13.3. The molecule has 0 aliphatic carbocycles. The number of alkyl halides is 3. The zero-order chi connectivity index (χ0) is 20.5. The monoisotopic (exact) mass is 406 g/mol. The molecule has 2 aromatic rings. The van der Waals surface area contributed by atoms with E-state index in [0.29, 0.717) is 6.07 Å². The van der Waals surface area contributed by atoms with E-state index in [4.69, 9.17) is 11.6 Å². The van der Waals surface area contributed by atoms with Gasteiger partial charge in [-0.2, -0.15) is 13.2 Å². The Bertz CT molecular complexity index is 966. The fourth-order valence-corrected chi connectivity index (χ4v) is 2.29. The van der Waals surface area contributed by atoms with Crippen molar-refractivity contribution in [2.45, 2.75) is 6.18 Å². The largest absolute Gasteiger partial charge is 0.418 e. The molecule has 1 N–H and O–H groups in total. The summed E-state index contributed by atoms with van der Waals surface area (Å²) in [5.74, 6) is 0. The number of non-ortho nitro benzene ring substituents is 2. The molecule has 14 heteroatoms. The number of nitro benzene ring substituents is 3. The molecule has 0 radical (unpaired) electrons. The van der Waals surface area contributed by atoms with E-state index in [9.17, 15) is 43.5 Å². The Morgan fingerprint density at radius 2 is 1.48 bits per heavy atom. The molecule has 0 aliphatic heterocycles. The van der Waals surface area contributed by atoms with Gasteiger partial charge in [0, 0.05) is 18.2 Å². The second-order valence-electron chi connectivity index (χ2n) is 4.95. The Balaban J connectivity index is 2.69. The molecular formula is C13H6ClF3N4O6. The standard InChI is InChI=1S/C13H6ClF3N4O6/c14-9-4-6(19(22)23)1-2-10(9)18-12-8(13(15,16)17)3-7(20(24)25)5-11(12)21(26)27/h1-5,18H. The van der Waals surface area contributed by atoms with Crippen molar-refractivity contribution in [1.82, 2.24) is 0 Å². The van der Waals surface area contributed by atoms with Gasteiger partial charge in [0.2, 0.25) is 0 Å². The van der Waals surface area contributed by atoms with Gasteiger partial charge in [-0.25, -0.2) is 0 Å². The van der Waals surface area contributed by atoms with Gasteiger partial charge >= 0.3 is 6.18 Å². The normalized spacial score (nSPS) is 11.1. The number of nitrogens with one attached hydrogen (secondary N) is 1. The first-order chi connectivity index (χ1) is 12.4. The number of anilines is 2. The Morgan fingerprint density at radius 1 is 0.889 bits per heavy atom. The summed E-state index contributed by atoms with van der Waals surface area (Å²) < 4.78 is 39.9. The van der Waals surface area contributed by atoms with Crippen molar-refractivity contribution < 1.29 is 27.9 Å². The van der Waals surface area contributed by atoms with Crippen molar-refractivity contribution >= 4 is 40.0 Å². The topological polar surface area (TPSA) is 141 Å². The summed E-state index contributed by atoms with van der Waals surface area (Å²) in [6.07, 6.45) is -5.17. The van der Waals surface area contributed by atoms with Gasteiger partial charge in [0.1, 0.15) is 5.69 Å². The number of nitro groups is 3. The van der Waals surface area contributed by atoms with Crippen LogP contribution in [-0.4, -0.2) is 14.8 Å². The molecule has 2 aromatic carbocycles. The third kappa shape index (κ3) is 4.20. The molecule has 10 nitrogen and oxygen atoms in total. The lowest BCUT2D eigenvalue weighted by Crippen LogP contribution is -2.12. The van der Waals surface area contributed by atoms with Crippen molar-refractivity contribution in [1.29, 1.82) is 0 Å². The molecule has 0 bridgehead atoms. The molecule has 2 rings (SSSR count). The number of benzene rings is 2. The molecular weight excluding hydrogens is 401 g/mol. The van der Waals surface area contributed by atoms with Crippen LogP contribution in [0.5, 0.6) is 0 Å². The van der Waals surface area contributed by atoms with Gasteiger partial charge < -0.3 is 5.32 Å². The van der Waals surface area contributed by atoms with E-state index in [1.165, 1.54) is 0 Å². The molecule has 0 amide bonds. The summed E-state index contributed by atoms with van der Waals surface area (Å²) >= 11 is 5.78. The van der Waals surface area contributed by atoms with Gasteiger partial charge in [0.25, 0.3) is 17.1 Å². The molecule has 0 aliphatic rings. The van der Waals surface area contributed by atoms with Crippen LogP contribution in [0.25, 0.3) is 0 Å². The minimum absolute atomic E-state index is 0.134. The van der Waals surface area contributed by atoms with E-state index in [2.05, 4.69) is 5.32 Å². The zero-order valence-electron chi connectivity index (χ0n) is 12.7. The Labute approximate surface area is 151 Å². The van der Waals surface area contributed by atoms with Crippen LogP contribution in [0.3, 0.4) is 0 Å². The molecule has 0 atom stereocenters. The number of rotatable bonds is 5. The molecule has 142 valence electrons. The minimum Gasteiger partial charge on any atom is -0.348 e. The SMILES string of the molecule is O=[N+]([O-])c1ccc(Nc2c([N+](=O)[O-])cc([N+](=O)[O-])cc2C(F)(F)F)c(Cl)c1. The van der Waals surface area contributed by atoms with Crippen LogP contribution in [0, 0.1) is 30.3 Å². The second-order valence-corrected chi connectivity index (χ2v) is 5.35. The van der Waals surface area contributed by atoms with Gasteiger partial charge in [-0.15, -0.1) is 0 Å². The third-order valence-corrected chi connectivity index (χ3v) is 3.55. The van der Waals surface area contributed by atoms with E-state index >= 15 is 0 Å². The maximum Gasteiger partial charge on any atom is 0.418 e. The highest BCUT2D eigenvalue weighted by atomic mass is 35.5. The third-order valence-electron chi connectivity index (χ3n) is 3.24. The highest BCUT2D eigenvalue weighted by Gasteiger charge is 2.39.